The third kappa shape index (κ3) is 2.32. The molecule has 2 N–H and O–H groups in total. The molecule has 1 aromatic heterocycles. The number of anilines is 1. The first-order valence-corrected chi connectivity index (χ1v) is 6.62. The van der Waals surface area contributed by atoms with E-state index in [0.717, 1.165) is 0 Å². The van der Waals surface area contributed by atoms with Crippen molar-refractivity contribution in [2.75, 3.05) is 5.73 Å². The molecule has 21 heavy (non-hydrogen) atoms. The summed E-state index contributed by atoms with van der Waals surface area (Å²) in [5.74, 6) is -0.346. The van der Waals surface area contributed by atoms with Gasteiger partial charge in [-0.1, -0.05) is 35.3 Å². The van der Waals surface area contributed by atoms with Crippen LogP contribution >= 0.6 is 23.2 Å². The highest BCUT2D eigenvalue weighted by Gasteiger charge is 2.18. The number of tetrazole rings is 1. The van der Waals surface area contributed by atoms with Gasteiger partial charge in [0.05, 0.1) is 15.7 Å². The highest BCUT2D eigenvalue weighted by molar-refractivity contribution is 6.35. The van der Waals surface area contributed by atoms with Gasteiger partial charge in [0.2, 0.25) is 0 Å². The second-order valence-corrected chi connectivity index (χ2v) is 4.98. The van der Waals surface area contributed by atoms with Gasteiger partial charge in [-0.2, -0.15) is 4.68 Å². The standard InChI is InChI=1S/C13H8Cl2FN5/c14-8-4-2-6-10(12(8)16)21-13(18-19-20-21)7-3-1-5-9(17)11(7)15/h1-6H,17H2. The minimum Gasteiger partial charge on any atom is -0.398 e. The number of hydrogen-bond acceptors (Lipinski definition) is 4. The van der Waals surface area contributed by atoms with Crippen LogP contribution in [0.3, 0.4) is 0 Å². The number of halogens is 3. The lowest BCUT2D eigenvalue weighted by atomic mass is 10.2. The lowest BCUT2D eigenvalue weighted by molar-refractivity contribution is 0.608. The first kappa shape index (κ1) is 13.8. The fourth-order valence-electron chi connectivity index (χ4n) is 1.90. The van der Waals surface area contributed by atoms with Gasteiger partial charge in [0.15, 0.2) is 11.6 Å². The van der Waals surface area contributed by atoms with Crippen molar-refractivity contribution in [1.82, 2.24) is 20.2 Å². The van der Waals surface area contributed by atoms with E-state index < -0.39 is 5.82 Å². The normalized spacial score (nSPS) is 10.8. The number of rotatable bonds is 2. The summed E-state index contributed by atoms with van der Waals surface area (Å²) >= 11 is 11.9. The van der Waals surface area contributed by atoms with Crippen LogP contribution in [0, 0.1) is 5.82 Å². The van der Waals surface area contributed by atoms with Crippen LogP contribution in [0.1, 0.15) is 0 Å². The van der Waals surface area contributed by atoms with E-state index in [1.165, 1.54) is 16.8 Å². The zero-order chi connectivity index (χ0) is 15.0. The highest BCUT2D eigenvalue weighted by atomic mass is 35.5. The lowest BCUT2D eigenvalue weighted by Gasteiger charge is -2.08. The van der Waals surface area contributed by atoms with E-state index in [4.69, 9.17) is 28.9 Å². The van der Waals surface area contributed by atoms with Crippen LogP contribution in [0.25, 0.3) is 17.1 Å². The van der Waals surface area contributed by atoms with Crippen LogP contribution in [0.4, 0.5) is 10.1 Å². The van der Waals surface area contributed by atoms with E-state index in [1.807, 2.05) is 0 Å². The van der Waals surface area contributed by atoms with E-state index in [1.54, 1.807) is 24.3 Å². The molecule has 106 valence electrons. The molecule has 2 aromatic carbocycles. The Kier molecular flexibility index (Phi) is 3.48. The molecule has 0 unspecified atom stereocenters. The van der Waals surface area contributed by atoms with Crippen LogP contribution in [0.2, 0.25) is 10.0 Å². The smallest absolute Gasteiger partial charge is 0.188 e. The summed E-state index contributed by atoms with van der Waals surface area (Å²) in [6.07, 6.45) is 0. The van der Waals surface area contributed by atoms with Crippen LogP contribution in [-0.2, 0) is 0 Å². The number of aromatic nitrogens is 4. The monoisotopic (exact) mass is 323 g/mol. The lowest BCUT2D eigenvalue weighted by Crippen LogP contribution is -2.03. The van der Waals surface area contributed by atoms with Crippen molar-refractivity contribution in [2.24, 2.45) is 0 Å². The Bertz CT molecular complexity index is 752. The Morgan fingerprint density at radius 2 is 1.86 bits per heavy atom. The maximum Gasteiger partial charge on any atom is 0.188 e. The largest absolute Gasteiger partial charge is 0.398 e. The molecular formula is C13H8Cl2FN5. The van der Waals surface area contributed by atoms with Crippen LogP contribution in [0.5, 0.6) is 0 Å². The molecule has 0 aliphatic carbocycles. The topological polar surface area (TPSA) is 69.6 Å². The van der Waals surface area contributed by atoms with Gasteiger partial charge in [0.25, 0.3) is 0 Å². The number of nitrogen functional groups attached to an aromatic ring is 1. The minimum atomic E-state index is -0.618. The third-order valence-corrected chi connectivity index (χ3v) is 3.61. The van der Waals surface area contributed by atoms with E-state index >= 15 is 0 Å². The number of nitrogens with zero attached hydrogens (tertiary/aromatic N) is 4. The summed E-state index contributed by atoms with van der Waals surface area (Å²) in [5, 5.41) is 11.5. The van der Waals surface area contributed by atoms with Gasteiger partial charge in [-0.3, -0.25) is 0 Å². The predicted octanol–water partition coefficient (Wildman–Crippen LogP) is 3.36. The SMILES string of the molecule is Nc1cccc(-c2nnnn2-c2cccc(Cl)c2F)c1Cl. The molecule has 0 saturated heterocycles. The van der Waals surface area contributed by atoms with E-state index in [2.05, 4.69) is 15.5 Å². The second-order valence-electron chi connectivity index (χ2n) is 4.20. The Hall–Kier alpha value is -2.18. The molecule has 0 spiro atoms. The Labute approximate surface area is 129 Å². The van der Waals surface area contributed by atoms with Gasteiger partial charge < -0.3 is 5.73 Å². The van der Waals surface area contributed by atoms with Crippen LogP contribution in [-0.4, -0.2) is 20.2 Å². The second kappa shape index (κ2) is 5.31. The van der Waals surface area contributed by atoms with Crippen molar-refractivity contribution in [3.05, 3.63) is 52.3 Å². The van der Waals surface area contributed by atoms with E-state index in [9.17, 15) is 4.39 Å². The number of hydrogen-bond donors (Lipinski definition) is 1. The average Bonchev–Trinajstić information content (AvgIpc) is 2.94. The summed E-state index contributed by atoms with van der Waals surface area (Å²) in [5.41, 5.74) is 6.78. The molecule has 0 amide bonds. The van der Waals surface area contributed by atoms with E-state index in [0.29, 0.717) is 16.3 Å². The fraction of sp³-hybridized carbons (Fsp3) is 0. The molecule has 3 aromatic rings. The maximum absolute atomic E-state index is 14.1. The molecule has 3 rings (SSSR count). The van der Waals surface area contributed by atoms with E-state index in [-0.39, 0.29) is 16.5 Å². The van der Waals surface area contributed by atoms with Gasteiger partial charge in [0, 0.05) is 5.56 Å². The molecule has 8 heteroatoms. The fourth-order valence-corrected chi connectivity index (χ4v) is 2.28. The van der Waals surface area contributed by atoms with Crippen molar-refractivity contribution in [3.63, 3.8) is 0 Å². The average molecular weight is 324 g/mol. The van der Waals surface area contributed by atoms with Gasteiger partial charge in [-0.05, 0) is 34.7 Å². The predicted molar refractivity (Wildman–Crippen MR) is 79.0 cm³/mol. The molecule has 0 fully saturated rings. The molecule has 0 bridgehead atoms. The van der Waals surface area contributed by atoms with Gasteiger partial charge in [-0.15, -0.1) is 5.10 Å². The Balaban J connectivity index is 2.22. The summed E-state index contributed by atoms with van der Waals surface area (Å²) in [6.45, 7) is 0. The summed E-state index contributed by atoms with van der Waals surface area (Å²) < 4.78 is 15.4. The molecule has 0 saturated carbocycles. The first-order valence-electron chi connectivity index (χ1n) is 5.86. The molecule has 0 aliphatic heterocycles. The zero-order valence-corrected chi connectivity index (χ0v) is 12.0. The third-order valence-electron chi connectivity index (χ3n) is 2.90. The molecule has 0 radical (unpaired) electrons. The molecule has 0 aliphatic rings. The van der Waals surface area contributed by atoms with Gasteiger partial charge >= 0.3 is 0 Å². The van der Waals surface area contributed by atoms with Crippen molar-refractivity contribution in [3.8, 4) is 17.1 Å². The molecular weight excluding hydrogens is 316 g/mol. The van der Waals surface area contributed by atoms with Gasteiger partial charge in [-0.25, -0.2) is 4.39 Å². The zero-order valence-electron chi connectivity index (χ0n) is 10.5. The quantitative estimate of drug-likeness (QED) is 0.734. The number of nitrogens with two attached hydrogens (primary N) is 1. The van der Waals surface area contributed by atoms with Crippen molar-refractivity contribution >= 4 is 28.9 Å². The minimum absolute atomic E-state index is 0.0207. The molecule has 0 atom stereocenters. The maximum atomic E-state index is 14.1. The van der Waals surface area contributed by atoms with Crippen molar-refractivity contribution in [1.29, 1.82) is 0 Å². The summed E-state index contributed by atoms with van der Waals surface area (Å²) in [7, 11) is 0. The summed E-state index contributed by atoms with van der Waals surface area (Å²) in [6, 6.07) is 9.62. The summed E-state index contributed by atoms with van der Waals surface area (Å²) in [4.78, 5) is 0. The Morgan fingerprint density at radius 3 is 2.67 bits per heavy atom. The Morgan fingerprint density at radius 1 is 1.10 bits per heavy atom. The number of benzene rings is 2. The van der Waals surface area contributed by atoms with Crippen molar-refractivity contribution in [2.45, 2.75) is 0 Å². The molecule has 5 nitrogen and oxygen atoms in total. The highest BCUT2D eigenvalue weighted by Crippen LogP contribution is 2.32. The van der Waals surface area contributed by atoms with Gasteiger partial charge in [0.1, 0.15) is 5.69 Å². The first-order chi connectivity index (χ1) is 10.1. The molecule has 1 heterocycles. The van der Waals surface area contributed by atoms with Crippen LogP contribution < -0.4 is 5.73 Å². The van der Waals surface area contributed by atoms with Crippen LogP contribution in [0.15, 0.2) is 36.4 Å². The van der Waals surface area contributed by atoms with Crippen molar-refractivity contribution < 1.29 is 4.39 Å².